The predicted molar refractivity (Wildman–Crippen MR) is 67.5 cm³/mol. The number of hydrogen-bond donors (Lipinski definition) is 1. The molecule has 1 N–H and O–H groups in total. The summed E-state index contributed by atoms with van der Waals surface area (Å²) < 4.78 is 5.96. The van der Waals surface area contributed by atoms with E-state index in [4.69, 9.17) is 4.74 Å². The topological polar surface area (TPSA) is 49.8 Å². The minimum Gasteiger partial charge on any atom is -0.481 e. The molecule has 0 radical (unpaired) electrons. The summed E-state index contributed by atoms with van der Waals surface area (Å²) in [5.41, 5.74) is 0.157. The average Bonchev–Trinajstić information content (AvgIpc) is 2.69. The molecule has 4 nitrogen and oxygen atoms in total. The van der Waals surface area contributed by atoms with Gasteiger partial charge in [-0.1, -0.05) is 0 Å². The van der Waals surface area contributed by atoms with Gasteiger partial charge in [0.25, 0.3) is 0 Å². The molecular weight excluding hydrogens is 230 g/mol. The summed E-state index contributed by atoms with van der Waals surface area (Å²) in [6, 6.07) is 0.723. The molecule has 2 saturated heterocycles. The van der Waals surface area contributed by atoms with Crippen LogP contribution in [0, 0.1) is 5.92 Å². The minimum absolute atomic E-state index is 0.157. The number of likely N-dealkylation sites (tertiary alicyclic amines) is 1. The summed E-state index contributed by atoms with van der Waals surface area (Å²) in [5.74, 6) is -0.805. The van der Waals surface area contributed by atoms with Crippen LogP contribution in [0.5, 0.6) is 0 Å². The van der Waals surface area contributed by atoms with Crippen LogP contribution in [0.25, 0.3) is 0 Å². The second kappa shape index (κ2) is 4.49. The highest BCUT2D eigenvalue weighted by atomic mass is 16.5. The highest BCUT2D eigenvalue weighted by Crippen LogP contribution is 2.44. The van der Waals surface area contributed by atoms with Gasteiger partial charge in [0.2, 0.25) is 0 Å². The third-order valence-electron chi connectivity index (χ3n) is 5.32. The molecule has 3 unspecified atom stereocenters. The molecule has 2 aliphatic heterocycles. The summed E-state index contributed by atoms with van der Waals surface area (Å²) in [6.45, 7) is 3.87. The fraction of sp³-hybridized carbons (Fsp3) is 0.929. The van der Waals surface area contributed by atoms with E-state index >= 15 is 0 Å². The standard InChI is InChI=1S/C14H23NO3/c1-10-12(13(16)17)3-7-15(10)11-4-8-18-14(9-11)5-2-6-14/h10-12H,2-9H2,1H3,(H,16,17). The highest BCUT2D eigenvalue weighted by Gasteiger charge is 2.47. The zero-order valence-electron chi connectivity index (χ0n) is 11.1. The van der Waals surface area contributed by atoms with Crippen LogP contribution in [0.3, 0.4) is 0 Å². The van der Waals surface area contributed by atoms with Crippen molar-refractivity contribution in [2.24, 2.45) is 5.92 Å². The number of hydrogen-bond acceptors (Lipinski definition) is 3. The lowest BCUT2D eigenvalue weighted by molar-refractivity contribution is -0.151. The van der Waals surface area contributed by atoms with Crippen molar-refractivity contribution in [1.29, 1.82) is 0 Å². The van der Waals surface area contributed by atoms with Crippen molar-refractivity contribution in [3.05, 3.63) is 0 Å². The van der Waals surface area contributed by atoms with E-state index in [1.54, 1.807) is 0 Å². The van der Waals surface area contributed by atoms with Crippen molar-refractivity contribution in [3.8, 4) is 0 Å². The number of carbonyl (C=O) groups is 1. The summed E-state index contributed by atoms with van der Waals surface area (Å²) in [5, 5.41) is 9.21. The van der Waals surface area contributed by atoms with Gasteiger partial charge in [0.05, 0.1) is 11.5 Å². The SMILES string of the molecule is CC1C(C(=O)O)CCN1C1CCOC2(CCC2)C1. The van der Waals surface area contributed by atoms with Gasteiger partial charge < -0.3 is 9.84 Å². The second-order valence-corrected chi connectivity index (χ2v) is 6.24. The third-order valence-corrected chi connectivity index (χ3v) is 5.32. The van der Waals surface area contributed by atoms with Crippen molar-refractivity contribution >= 4 is 5.97 Å². The molecule has 1 spiro atoms. The van der Waals surface area contributed by atoms with Gasteiger partial charge in [0, 0.05) is 18.7 Å². The zero-order chi connectivity index (χ0) is 12.8. The largest absolute Gasteiger partial charge is 0.481 e. The van der Waals surface area contributed by atoms with E-state index in [1.807, 2.05) is 0 Å². The van der Waals surface area contributed by atoms with Crippen molar-refractivity contribution in [1.82, 2.24) is 4.90 Å². The maximum Gasteiger partial charge on any atom is 0.308 e. The summed E-state index contributed by atoms with van der Waals surface area (Å²) in [7, 11) is 0. The fourth-order valence-electron chi connectivity index (χ4n) is 4.01. The van der Waals surface area contributed by atoms with E-state index in [1.165, 1.54) is 19.3 Å². The Kier molecular flexibility index (Phi) is 3.10. The Morgan fingerprint density at radius 1 is 1.39 bits per heavy atom. The molecule has 3 fully saturated rings. The summed E-state index contributed by atoms with van der Waals surface area (Å²) in [4.78, 5) is 13.6. The van der Waals surface area contributed by atoms with Crippen LogP contribution >= 0.6 is 0 Å². The molecule has 0 aromatic rings. The lowest BCUT2D eigenvalue weighted by Crippen LogP contribution is -2.53. The lowest BCUT2D eigenvalue weighted by atomic mass is 9.73. The zero-order valence-corrected chi connectivity index (χ0v) is 11.1. The maximum absolute atomic E-state index is 11.2. The third kappa shape index (κ3) is 1.95. The molecule has 3 aliphatic rings. The van der Waals surface area contributed by atoms with Crippen molar-refractivity contribution in [3.63, 3.8) is 0 Å². The van der Waals surface area contributed by atoms with Crippen LogP contribution in [0.4, 0.5) is 0 Å². The first-order valence-electron chi connectivity index (χ1n) is 7.24. The van der Waals surface area contributed by atoms with Crippen molar-refractivity contribution < 1.29 is 14.6 Å². The molecule has 3 atom stereocenters. The summed E-state index contributed by atoms with van der Waals surface area (Å²) in [6.07, 6.45) is 6.69. The molecule has 0 bridgehead atoms. The van der Waals surface area contributed by atoms with Gasteiger partial charge in [0.15, 0.2) is 0 Å². The Morgan fingerprint density at radius 2 is 2.17 bits per heavy atom. The maximum atomic E-state index is 11.2. The molecule has 0 amide bonds. The molecule has 18 heavy (non-hydrogen) atoms. The first-order chi connectivity index (χ1) is 8.61. The van der Waals surface area contributed by atoms with Gasteiger partial charge >= 0.3 is 5.97 Å². The van der Waals surface area contributed by atoms with Crippen LogP contribution in [-0.2, 0) is 9.53 Å². The Balaban J connectivity index is 1.66. The van der Waals surface area contributed by atoms with Crippen LogP contribution in [-0.4, -0.2) is 46.8 Å². The smallest absolute Gasteiger partial charge is 0.308 e. The first kappa shape index (κ1) is 12.4. The van der Waals surface area contributed by atoms with Crippen LogP contribution < -0.4 is 0 Å². The summed E-state index contributed by atoms with van der Waals surface area (Å²) >= 11 is 0. The molecule has 1 aliphatic carbocycles. The van der Waals surface area contributed by atoms with Gasteiger partial charge in [-0.15, -0.1) is 0 Å². The Hall–Kier alpha value is -0.610. The van der Waals surface area contributed by atoms with Gasteiger partial charge in [-0.2, -0.15) is 0 Å². The number of ether oxygens (including phenoxy) is 1. The number of rotatable bonds is 2. The van der Waals surface area contributed by atoms with E-state index in [9.17, 15) is 9.90 Å². The Morgan fingerprint density at radius 3 is 2.72 bits per heavy atom. The molecule has 0 aromatic heterocycles. The minimum atomic E-state index is -0.629. The van der Waals surface area contributed by atoms with Crippen LogP contribution in [0.1, 0.15) is 45.4 Å². The number of nitrogens with zero attached hydrogens (tertiary/aromatic N) is 1. The Bertz CT molecular complexity index is 340. The number of aliphatic carboxylic acids is 1. The molecule has 2 heterocycles. The average molecular weight is 253 g/mol. The Labute approximate surface area is 108 Å². The van der Waals surface area contributed by atoms with E-state index in [2.05, 4.69) is 11.8 Å². The first-order valence-corrected chi connectivity index (χ1v) is 7.24. The molecule has 102 valence electrons. The molecule has 4 heteroatoms. The van der Waals surface area contributed by atoms with Crippen LogP contribution in [0.2, 0.25) is 0 Å². The predicted octanol–water partition coefficient (Wildman–Crippen LogP) is 1.88. The quantitative estimate of drug-likeness (QED) is 0.816. The van der Waals surface area contributed by atoms with Gasteiger partial charge in [-0.05, 0) is 52.0 Å². The van der Waals surface area contributed by atoms with Gasteiger partial charge in [0.1, 0.15) is 0 Å². The number of carboxylic acids is 1. The van der Waals surface area contributed by atoms with Crippen molar-refractivity contribution in [2.75, 3.05) is 13.2 Å². The second-order valence-electron chi connectivity index (χ2n) is 6.24. The highest BCUT2D eigenvalue weighted by molar-refractivity contribution is 5.71. The van der Waals surface area contributed by atoms with Gasteiger partial charge in [-0.3, -0.25) is 9.69 Å². The molecule has 1 saturated carbocycles. The lowest BCUT2D eigenvalue weighted by Gasteiger charge is -2.49. The van der Waals surface area contributed by atoms with Crippen molar-refractivity contribution in [2.45, 2.75) is 63.1 Å². The normalized spacial score (nSPS) is 39.7. The van der Waals surface area contributed by atoms with E-state index in [0.29, 0.717) is 6.04 Å². The fourth-order valence-corrected chi connectivity index (χ4v) is 4.01. The van der Waals surface area contributed by atoms with E-state index in [0.717, 1.165) is 32.4 Å². The monoisotopic (exact) mass is 253 g/mol. The number of carboxylic acid groups (broad SMARTS) is 1. The molecule has 3 rings (SSSR count). The molecular formula is C14H23NO3. The van der Waals surface area contributed by atoms with Gasteiger partial charge in [-0.25, -0.2) is 0 Å². The van der Waals surface area contributed by atoms with Crippen LogP contribution in [0.15, 0.2) is 0 Å². The van der Waals surface area contributed by atoms with E-state index < -0.39 is 5.97 Å². The molecule has 0 aromatic carbocycles. The van der Waals surface area contributed by atoms with E-state index in [-0.39, 0.29) is 17.6 Å².